The van der Waals surface area contributed by atoms with Crippen LogP contribution in [0.3, 0.4) is 0 Å². The molecule has 9 nitrogen and oxygen atoms in total. The number of nitrogen functional groups attached to an aromatic ring is 1. The largest absolute Gasteiger partial charge is 0.477 e. The SMILES string of the molecule is CC12CCC(CCOc3cc(N)ncn3)(O1)C1C(=O)N(c3ccc4ccccc4c3C#N)C(=O)C12. The number of nitrogens with zero attached hydrogens (tertiary/aromatic N) is 4. The molecule has 3 aliphatic rings. The minimum absolute atomic E-state index is 0.247. The summed E-state index contributed by atoms with van der Waals surface area (Å²) >= 11 is 0. The highest BCUT2D eigenvalue weighted by atomic mass is 16.5. The van der Waals surface area contributed by atoms with Crippen LogP contribution in [0.15, 0.2) is 48.8 Å². The minimum Gasteiger partial charge on any atom is -0.477 e. The van der Waals surface area contributed by atoms with Gasteiger partial charge in [0.05, 0.1) is 40.9 Å². The molecule has 0 aliphatic carbocycles. The van der Waals surface area contributed by atoms with Gasteiger partial charge in [-0.2, -0.15) is 5.26 Å². The molecule has 3 saturated heterocycles. The standard InChI is InChI=1S/C26H23N5O4/c1-25-8-9-26(35-25,10-11-34-20-12-19(28)29-14-30-20)22-21(25)23(32)31(24(22)33)18-7-6-15-4-2-3-5-16(15)17(18)13-27/h2-7,12,14,21-22H,8-11H2,1H3,(H2,28,29,30). The maximum Gasteiger partial charge on any atom is 0.240 e. The number of benzene rings is 2. The Morgan fingerprint density at radius 1 is 1.17 bits per heavy atom. The Hall–Kier alpha value is -4.03. The number of nitrogens with two attached hydrogens (primary N) is 1. The van der Waals surface area contributed by atoms with Gasteiger partial charge in [-0.1, -0.05) is 30.3 Å². The summed E-state index contributed by atoms with van der Waals surface area (Å²) in [5.41, 5.74) is 4.79. The maximum atomic E-state index is 13.9. The zero-order chi connectivity index (χ0) is 24.4. The molecular weight excluding hydrogens is 446 g/mol. The Balaban J connectivity index is 1.34. The summed E-state index contributed by atoms with van der Waals surface area (Å²) in [6.07, 6.45) is 3.06. The van der Waals surface area contributed by atoms with Crippen molar-refractivity contribution >= 4 is 34.1 Å². The number of nitriles is 1. The monoisotopic (exact) mass is 469 g/mol. The zero-order valence-corrected chi connectivity index (χ0v) is 19.1. The highest BCUT2D eigenvalue weighted by Gasteiger charge is 2.74. The average molecular weight is 470 g/mol. The van der Waals surface area contributed by atoms with E-state index in [2.05, 4.69) is 16.0 Å². The van der Waals surface area contributed by atoms with Gasteiger partial charge in [0.1, 0.15) is 18.2 Å². The summed E-state index contributed by atoms with van der Waals surface area (Å²) < 4.78 is 12.2. The summed E-state index contributed by atoms with van der Waals surface area (Å²) in [5.74, 6) is -1.21. The van der Waals surface area contributed by atoms with Crippen molar-refractivity contribution in [2.45, 2.75) is 37.4 Å². The van der Waals surface area contributed by atoms with E-state index in [-0.39, 0.29) is 18.4 Å². The van der Waals surface area contributed by atoms with Gasteiger partial charge in [0.2, 0.25) is 17.7 Å². The predicted molar refractivity (Wildman–Crippen MR) is 126 cm³/mol. The van der Waals surface area contributed by atoms with E-state index in [0.717, 1.165) is 5.39 Å². The maximum absolute atomic E-state index is 13.9. The van der Waals surface area contributed by atoms with E-state index in [1.807, 2.05) is 37.3 Å². The number of aromatic nitrogens is 2. The van der Waals surface area contributed by atoms with Crippen molar-refractivity contribution in [2.75, 3.05) is 17.2 Å². The van der Waals surface area contributed by atoms with Crippen LogP contribution in [0.1, 0.15) is 31.7 Å². The normalized spacial score (nSPS) is 29.0. The van der Waals surface area contributed by atoms with Gasteiger partial charge in [-0.25, -0.2) is 14.9 Å². The average Bonchev–Trinajstić information content (AvgIpc) is 3.43. The summed E-state index contributed by atoms with van der Waals surface area (Å²) in [7, 11) is 0. The van der Waals surface area contributed by atoms with E-state index in [9.17, 15) is 14.9 Å². The second-order valence-electron chi connectivity index (χ2n) is 9.62. The van der Waals surface area contributed by atoms with Gasteiger partial charge in [-0.05, 0) is 31.2 Å². The molecule has 2 amide bonds. The van der Waals surface area contributed by atoms with Gasteiger partial charge in [0.15, 0.2) is 0 Å². The van der Waals surface area contributed by atoms with Gasteiger partial charge in [0, 0.05) is 17.9 Å². The number of carbonyl (C=O) groups excluding carboxylic acids is 2. The Bertz CT molecular complexity index is 1430. The van der Waals surface area contributed by atoms with Crippen LogP contribution in [0, 0.1) is 23.2 Å². The molecule has 6 rings (SSSR count). The first kappa shape index (κ1) is 21.5. The lowest BCUT2D eigenvalue weighted by atomic mass is 9.67. The summed E-state index contributed by atoms with van der Waals surface area (Å²) in [5, 5.41) is 11.5. The molecule has 2 N–H and O–H groups in total. The van der Waals surface area contributed by atoms with Gasteiger partial charge in [-0.15, -0.1) is 0 Å². The van der Waals surface area contributed by atoms with Gasteiger partial charge in [0.25, 0.3) is 0 Å². The molecule has 1 aromatic heterocycles. The number of imide groups is 1. The van der Waals surface area contributed by atoms with Crippen molar-refractivity contribution in [1.82, 2.24) is 9.97 Å². The van der Waals surface area contributed by atoms with Crippen molar-refractivity contribution in [3.05, 3.63) is 54.4 Å². The van der Waals surface area contributed by atoms with Crippen molar-refractivity contribution in [2.24, 2.45) is 11.8 Å². The van der Waals surface area contributed by atoms with E-state index in [4.69, 9.17) is 15.2 Å². The van der Waals surface area contributed by atoms with Crippen LogP contribution in [0.25, 0.3) is 10.8 Å². The van der Waals surface area contributed by atoms with Crippen LogP contribution >= 0.6 is 0 Å². The summed E-state index contributed by atoms with van der Waals surface area (Å²) in [6.45, 7) is 2.16. The number of rotatable bonds is 5. The number of ether oxygens (including phenoxy) is 2. The summed E-state index contributed by atoms with van der Waals surface area (Å²) in [4.78, 5) is 36.7. The molecule has 0 saturated carbocycles. The van der Waals surface area contributed by atoms with Crippen molar-refractivity contribution in [3.63, 3.8) is 0 Å². The highest BCUT2D eigenvalue weighted by Crippen LogP contribution is 2.62. The van der Waals surface area contributed by atoms with Crippen molar-refractivity contribution < 1.29 is 19.1 Å². The van der Waals surface area contributed by atoms with Crippen molar-refractivity contribution in [3.8, 4) is 11.9 Å². The molecule has 3 aromatic rings. The Morgan fingerprint density at radius 3 is 2.77 bits per heavy atom. The predicted octanol–water partition coefficient (Wildman–Crippen LogP) is 2.98. The molecule has 2 bridgehead atoms. The first-order chi connectivity index (χ1) is 16.9. The molecular formula is C26H23N5O4. The molecule has 0 spiro atoms. The van der Waals surface area contributed by atoms with E-state index < -0.39 is 23.0 Å². The zero-order valence-electron chi connectivity index (χ0n) is 19.1. The topological polar surface area (TPSA) is 131 Å². The number of anilines is 2. The molecule has 9 heteroatoms. The molecule has 4 heterocycles. The van der Waals surface area contributed by atoms with Crippen LogP contribution < -0.4 is 15.4 Å². The number of carbonyl (C=O) groups is 2. The Kier molecular flexibility index (Phi) is 4.60. The third kappa shape index (κ3) is 3.03. The number of fused-ring (bicyclic) bond motifs is 6. The van der Waals surface area contributed by atoms with Crippen LogP contribution in [-0.2, 0) is 14.3 Å². The fraction of sp³-hybridized carbons (Fsp3) is 0.346. The second-order valence-corrected chi connectivity index (χ2v) is 9.62. The van der Waals surface area contributed by atoms with E-state index in [0.29, 0.717) is 47.6 Å². The fourth-order valence-corrected chi connectivity index (χ4v) is 6.17. The number of amides is 2. The van der Waals surface area contributed by atoms with Crippen molar-refractivity contribution in [1.29, 1.82) is 5.26 Å². The lowest BCUT2D eigenvalue weighted by molar-refractivity contribution is -0.131. The Morgan fingerprint density at radius 2 is 1.97 bits per heavy atom. The van der Waals surface area contributed by atoms with E-state index in [1.165, 1.54) is 17.3 Å². The molecule has 3 aliphatic heterocycles. The molecule has 4 unspecified atom stereocenters. The van der Waals surface area contributed by atoms with Crippen LogP contribution in [0.2, 0.25) is 0 Å². The molecule has 176 valence electrons. The van der Waals surface area contributed by atoms with Crippen LogP contribution in [0.5, 0.6) is 5.88 Å². The van der Waals surface area contributed by atoms with Crippen LogP contribution in [-0.4, -0.2) is 39.6 Å². The number of hydrogen-bond acceptors (Lipinski definition) is 8. The lowest BCUT2D eigenvalue weighted by Crippen LogP contribution is -2.43. The van der Waals surface area contributed by atoms with Gasteiger partial charge < -0.3 is 15.2 Å². The van der Waals surface area contributed by atoms with E-state index in [1.54, 1.807) is 6.07 Å². The Labute approximate surface area is 201 Å². The van der Waals surface area contributed by atoms with Gasteiger partial charge >= 0.3 is 0 Å². The molecule has 35 heavy (non-hydrogen) atoms. The molecule has 4 atom stereocenters. The molecule has 3 fully saturated rings. The first-order valence-electron chi connectivity index (χ1n) is 11.6. The van der Waals surface area contributed by atoms with Gasteiger partial charge in [-0.3, -0.25) is 9.59 Å². The molecule has 0 radical (unpaired) electrons. The third-order valence-corrected chi connectivity index (χ3v) is 7.71. The molecule has 2 aromatic carbocycles. The number of hydrogen-bond donors (Lipinski definition) is 1. The quantitative estimate of drug-likeness (QED) is 0.564. The second kappa shape index (κ2) is 7.48. The highest BCUT2D eigenvalue weighted by molar-refractivity contribution is 6.24. The minimum atomic E-state index is -0.816. The van der Waals surface area contributed by atoms with Crippen LogP contribution in [0.4, 0.5) is 11.5 Å². The third-order valence-electron chi connectivity index (χ3n) is 7.71. The lowest BCUT2D eigenvalue weighted by Gasteiger charge is -2.31. The smallest absolute Gasteiger partial charge is 0.240 e. The summed E-state index contributed by atoms with van der Waals surface area (Å²) in [6, 6.07) is 14.7. The first-order valence-corrected chi connectivity index (χ1v) is 11.6. The van der Waals surface area contributed by atoms with E-state index >= 15 is 0 Å². The fourth-order valence-electron chi connectivity index (χ4n) is 6.17.